The summed E-state index contributed by atoms with van der Waals surface area (Å²) in [7, 11) is 0. The smallest absolute Gasteiger partial charge is 0.220 e. The maximum Gasteiger partial charge on any atom is 0.220 e. The number of aliphatic hydroxyl groups is 1. The highest BCUT2D eigenvalue weighted by Crippen LogP contribution is 2.16. The Labute approximate surface area is 128 Å². The van der Waals surface area contributed by atoms with Gasteiger partial charge in [-0.05, 0) is 43.5 Å². The van der Waals surface area contributed by atoms with Crippen LogP contribution in [0, 0.1) is 0 Å². The molecule has 1 aromatic carbocycles. The fourth-order valence-corrected chi connectivity index (χ4v) is 1.89. The molecule has 0 bridgehead atoms. The van der Waals surface area contributed by atoms with Crippen LogP contribution in [0.2, 0.25) is 0 Å². The van der Waals surface area contributed by atoms with E-state index in [9.17, 15) is 9.90 Å². The highest BCUT2D eigenvalue weighted by molar-refractivity contribution is 9.10. The quantitative estimate of drug-likeness (QED) is 0.678. The van der Waals surface area contributed by atoms with Crippen LogP contribution in [0.1, 0.15) is 32.6 Å². The molecule has 1 unspecified atom stereocenters. The van der Waals surface area contributed by atoms with Crippen molar-refractivity contribution < 1.29 is 14.6 Å². The average molecular weight is 344 g/mol. The van der Waals surface area contributed by atoms with Gasteiger partial charge in [0.2, 0.25) is 5.91 Å². The van der Waals surface area contributed by atoms with Gasteiger partial charge in [-0.15, -0.1) is 0 Å². The Balaban J connectivity index is 2.05. The van der Waals surface area contributed by atoms with Gasteiger partial charge in [-0.1, -0.05) is 22.9 Å². The van der Waals surface area contributed by atoms with E-state index in [-0.39, 0.29) is 12.0 Å². The maximum absolute atomic E-state index is 11.5. The number of carbonyl (C=O) groups is 1. The summed E-state index contributed by atoms with van der Waals surface area (Å²) in [6.07, 6.45) is 2.13. The topological polar surface area (TPSA) is 58.6 Å². The molecule has 0 aromatic heterocycles. The number of benzene rings is 1. The standard InChI is InChI=1S/C15H22BrNO3/c1-2-13(18)9-10-17-15(19)4-3-11-20-14-7-5-12(16)6-8-14/h5-8,13,18H,2-4,9-11H2,1H3,(H,17,19). The first-order valence-corrected chi connectivity index (χ1v) is 7.74. The van der Waals surface area contributed by atoms with E-state index in [0.717, 1.165) is 16.6 Å². The van der Waals surface area contributed by atoms with E-state index in [0.29, 0.717) is 32.4 Å². The van der Waals surface area contributed by atoms with Crippen LogP contribution in [0.4, 0.5) is 0 Å². The predicted molar refractivity (Wildman–Crippen MR) is 82.8 cm³/mol. The number of aliphatic hydroxyl groups excluding tert-OH is 1. The SMILES string of the molecule is CCC(O)CCNC(=O)CCCOc1ccc(Br)cc1. The summed E-state index contributed by atoms with van der Waals surface area (Å²) in [5, 5.41) is 12.1. The molecule has 112 valence electrons. The molecule has 0 radical (unpaired) electrons. The Hall–Kier alpha value is -1.07. The zero-order valence-electron chi connectivity index (χ0n) is 11.8. The summed E-state index contributed by atoms with van der Waals surface area (Å²) >= 11 is 3.36. The van der Waals surface area contributed by atoms with Crippen LogP contribution in [0.15, 0.2) is 28.7 Å². The minimum Gasteiger partial charge on any atom is -0.494 e. The van der Waals surface area contributed by atoms with E-state index < -0.39 is 0 Å². The molecule has 2 N–H and O–H groups in total. The van der Waals surface area contributed by atoms with E-state index in [4.69, 9.17) is 4.74 Å². The van der Waals surface area contributed by atoms with Crippen molar-refractivity contribution in [2.75, 3.05) is 13.2 Å². The minimum atomic E-state index is -0.323. The zero-order valence-corrected chi connectivity index (χ0v) is 13.4. The van der Waals surface area contributed by atoms with Crippen molar-refractivity contribution in [3.8, 4) is 5.75 Å². The predicted octanol–water partition coefficient (Wildman–Crippen LogP) is 2.89. The lowest BCUT2D eigenvalue weighted by Crippen LogP contribution is -2.27. The normalized spacial score (nSPS) is 11.9. The van der Waals surface area contributed by atoms with Gasteiger partial charge in [-0.3, -0.25) is 4.79 Å². The van der Waals surface area contributed by atoms with E-state index >= 15 is 0 Å². The number of hydrogen-bond donors (Lipinski definition) is 2. The van der Waals surface area contributed by atoms with Crippen molar-refractivity contribution in [2.24, 2.45) is 0 Å². The number of halogens is 1. The van der Waals surface area contributed by atoms with Crippen LogP contribution in [0.5, 0.6) is 5.75 Å². The van der Waals surface area contributed by atoms with Crippen LogP contribution in [0.3, 0.4) is 0 Å². The van der Waals surface area contributed by atoms with Gasteiger partial charge in [0, 0.05) is 17.4 Å². The van der Waals surface area contributed by atoms with Crippen LogP contribution >= 0.6 is 15.9 Å². The third-order valence-electron chi connectivity index (χ3n) is 2.90. The van der Waals surface area contributed by atoms with E-state index in [1.54, 1.807) is 0 Å². The first-order chi connectivity index (χ1) is 9.61. The van der Waals surface area contributed by atoms with Crippen molar-refractivity contribution in [1.29, 1.82) is 0 Å². The number of hydrogen-bond acceptors (Lipinski definition) is 3. The largest absolute Gasteiger partial charge is 0.494 e. The van der Waals surface area contributed by atoms with Crippen molar-refractivity contribution in [2.45, 2.75) is 38.7 Å². The van der Waals surface area contributed by atoms with Gasteiger partial charge < -0.3 is 15.2 Å². The van der Waals surface area contributed by atoms with Crippen molar-refractivity contribution >= 4 is 21.8 Å². The first kappa shape index (κ1) is 17.0. The molecule has 5 heteroatoms. The number of nitrogens with one attached hydrogen (secondary N) is 1. The van der Waals surface area contributed by atoms with Crippen LogP contribution in [-0.2, 0) is 4.79 Å². The third kappa shape index (κ3) is 7.50. The first-order valence-electron chi connectivity index (χ1n) is 6.95. The highest BCUT2D eigenvalue weighted by Gasteiger charge is 2.04. The lowest BCUT2D eigenvalue weighted by molar-refractivity contribution is -0.121. The molecule has 4 nitrogen and oxygen atoms in total. The molecule has 0 aliphatic rings. The molecule has 0 aliphatic carbocycles. The summed E-state index contributed by atoms with van der Waals surface area (Å²) in [6.45, 7) is 2.97. The second kappa shape index (κ2) is 9.77. The summed E-state index contributed by atoms with van der Waals surface area (Å²) in [5.74, 6) is 0.812. The molecule has 0 spiro atoms. The second-order valence-corrected chi connectivity index (χ2v) is 5.52. The molecule has 0 heterocycles. The average Bonchev–Trinajstić information content (AvgIpc) is 2.45. The molecule has 0 fully saturated rings. The molecular formula is C15H22BrNO3. The highest BCUT2D eigenvalue weighted by atomic mass is 79.9. The maximum atomic E-state index is 11.5. The second-order valence-electron chi connectivity index (χ2n) is 4.61. The Morgan fingerprint density at radius 3 is 2.75 bits per heavy atom. The molecule has 0 saturated heterocycles. The molecular weight excluding hydrogens is 322 g/mol. The Kier molecular flexibility index (Phi) is 8.30. The summed E-state index contributed by atoms with van der Waals surface area (Å²) in [5.41, 5.74) is 0. The molecule has 1 amide bonds. The van der Waals surface area contributed by atoms with Gasteiger partial charge in [0.15, 0.2) is 0 Å². The molecule has 0 saturated carbocycles. The number of amides is 1. The zero-order chi connectivity index (χ0) is 14.8. The van der Waals surface area contributed by atoms with Gasteiger partial charge in [0.25, 0.3) is 0 Å². The molecule has 0 aliphatic heterocycles. The molecule has 1 rings (SSSR count). The number of carbonyl (C=O) groups excluding carboxylic acids is 1. The fourth-order valence-electron chi connectivity index (χ4n) is 1.62. The summed E-state index contributed by atoms with van der Waals surface area (Å²) in [6, 6.07) is 7.61. The van der Waals surface area contributed by atoms with Crippen LogP contribution < -0.4 is 10.1 Å². The van der Waals surface area contributed by atoms with E-state index in [2.05, 4.69) is 21.2 Å². The van der Waals surface area contributed by atoms with Crippen LogP contribution in [-0.4, -0.2) is 30.3 Å². The van der Waals surface area contributed by atoms with Gasteiger partial charge in [-0.25, -0.2) is 0 Å². The molecule has 1 aromatic rings. The summed E-state index contributed by atoms with van der Waals surface area (Å²) < 4.78 is 6.54. The van der Waals surface area contributed by atoms with E-state index in [1.165, 1.54) is 0 Å². The van der Waals surface area contributed by atoms with Gasteiger partial charge >= 0.3 is 0 Å². The Morgan fingerprint density at radius 1 is 1.40 bits per heavy atom. The number of ether oxygens (including phenoxy) is 1. The van der Waals surface area contributed by atoms with Gasteiger partial charge in [-0.2, -0.15) is 0 Å². The summed E-state index contributed by atoms with van der Waals surface area (Å²) in [4.78, 5) is 11.5. The van der Waals surface area contributed by atoms with Crippen LogP contribution in [0.25, 0.3) is 0 Å². The van der Waals surface area contributed by atoms with Crippen molar-refractivity contribution in [1.82, 2.24) is 5.32 Å². The van der Waals surface area contributed by atoms with Gasteiger partial charge in [0.05, 0.1) is 12.7 Å². The molecule has 20 heavy (non-hydrogen) atoms. The third-order valence-corrected chi connectivity index (χ3v) is 3.43. The lowest BCUT2D eigenvalue weighted by Gasteiger charge is -2.09. The fraction of sp³-hybridized carbons (Fsp3) is 0.533. The van der Waals surface area contributed by atoms with Crippen molar-refractivity contribution in [3.05, 3.63) is 28.7 Å². The van der Waals surface area contributed by atoms with Crippen molar-refractivity contribution in [3.63, 3.8) is 0 Å². The molecule has 1 atom stereocenters. The van der Waals surface area contributed by atoms with Gasteiger partial charge in [0.1, 0.15) is 5.75 Å². The minimum absolute atomic E-state index is 0.00714. The van der Waals surface area contributed by atoms with E-state index in [1.807, 2.05) is 31.2 Å². The Morgan fingerprint density at radius 2 is 2.10 bits per heavy atom. The monoisotopic (exact) mass is 343 g/mol. The number of rotatable bonds is 9. The Bertz CT molecular complexity index is 395. The lowest BCUT2D eigenvalue weighted by atomic mass is 10.2.